The molecule has 1 aliphatic heterocycles. The van der Waals surface area contributed by atoms with Crippen molar-refractivity contribution < 1.29 is 13.2 Å². The average Bonchev–Trinajstić information content (AvgIpc) is 3.21. The van der Waals surface area contributed by atoms with E-state index in [0.29, 0.717) is 23.7 Å². The number of anilines is 2. The highest BCUT2D eigenvalue weighted by Crippen LogP contribution is 2.34. The minimum Gasteiger partial charge on any atom is -0.346 e. The van der Waals surface area contributed by atoms with Crippen LogP contribution < -0.4 is 10.2 Å². The van der Waals surface area contributed by atoms with Crippen molar-refractivity contribution >= 4 is 69.1 Å². The summed E-state index contributed by atoms with van der Waals surface area (Å²) in [6, 6.07) is 11.0. The molecule has 2 aromatic heterocycles. The second-order valence-corrected chi connectivity index (χ2v) is 11.5. The summed E-state index contributed by atoms with van der Waals surface area (Å²) in [5.74, 6) is -0.206. The molecule has 0 saturated carbocycles. The van der Waals surface area contributed by atoms with Crippen LogP contribution in [0.1, 0.15) is 5.56 Å². The number of benzene rings is 2. The summed E-state index contributed by atoms with van der Waals surface area (Å²) in [6.45, 7) is 3.30. The van der Waals surface area contributed by atoms with Crippen LogP contribution >= 0.6 is 22.7 Å². The zero-order valence-corrected chi connectivity index (χ0v) is 18.7. The van der Waals surface area contributed by atoms with Gasteiger partial charge in [0.05, 0.1) is 31.2 Å². The van der Waals surface area contributed by atoms with E-state index in [9.17, 15) is 13.2 Å². The number of thiazole rings is 2. The van der Waals surface area contributed by atoms with Gasteiger partial charge in [-0.2, -0.15) is 0 Å². The molecule has 3 heterocycles. The molecule has 154 valence electrons. The first-order valence-corrected chi connectivity index (χ1v) is 12.8. The fourth-order valence-corrected chi connectivity index (χ4v) is 6.06. The number of aromatic nitrogens is 2. The van der Waals surface area contributed by atoms with Gasteiger partial charge in [0.15, 0.2) is 20.1 Å². The van der Waals surface area contributed by atoms with Gasteiger partial charge in [-0.15, -0.1) is 0 Å². The number of nitrogens with one attached hydrogen (secondary N) is 1. The Labute approximate surface area is 181 Å². The molecule has 4 aromatic rings. The van der Waals surface area contributed by atoms with Crippen molar-refractivity contribution in [3.05, 3.63) is 42.0 Å². The van der Waals surface area contributed by atoms with Crippen molar-refractivity contribution in [2.45, 2.75) is 11.8 Å². The first-order chi connectivity index (χ1) is 14.3. The standard InChI is InChI=1S/C20H18N4O3S3/c1-11-3-5-15-16(7-11)29-20(22-15)24-9-12(10-24)18(25)23-19-21-14-6-4-13(30(2,26)27)8-17(14)28-19/h3-8,12H,9-10H2,1-2H3,(H,21,23,25). The number of carbonyl (C=O) groups is 1. The summed E-state index contributed by atoms with van der Waals surface area (Å²) in [5.41, 5.74) is 2.86. The molecular formula is C20H18N4O3S3. The monoisotopic (exact) mass is 458 g/mol. The van der Waals surface area contributed by atoms with Gasteiger partial charge >= 0.3 is 0 Å². The maximum absolute atomic E-state index is 12.6. The molecule has 2 aromatic carbocycles. The lowest BCUT2D eigenvalue weighted by Gasteiger charge is -2.37. The Morgan fingerprint density at radius 2 is 1.77 bits per heavy atom. The third-order valence-corrected chi connectivity index (χ3v) is 8.20. The molecule has 1 fully saturated rings. The van der Waals surface area contributed by atoms with E-state index in [2.05, 4.69) is 39.2 Å². The Kier molecular flexibility index (Phi) is 4.53. The quantitative estimate of drug-likeness (QED) is 0.501. The molecule has 1 amide bonds. The van der Waals surface area contributed by atoms with Crippen LogP contribution in [0.15, 0.2) is 41.3 Å². The Morgan fingerprint density at radius 3 is 2.53 bits per heavy atom. The molecular weight excluding hydrogens is 440 g/mol. The van der Waals surface area contributed by atoms with E-state index in [1.165, 1.54) is 29.2 Å². The molecule has 1 N–H and O–H groups in total. The highest BCUT2D eigenvalue weighted by molar-refractivity contribution is 7.90. The van der Waals surface area contributed by atoms with Gasteiger partial charge in [0.25, 0.3) is 0 Å². The Hall–Kier alpha value is -2.56. The van der Waals surface area contributed by atoms with Crippen molar-refractivity contribution in [1.82, 2.24) is 9.97 Å². The number of nitrogens with zero attached hydrogens (tertiary/aromatic N) is 3. The van der Waals surface area contributed by atoms with Gasteiger partial charge in [0.1, 0.15) is 0 Å². The lowest BCUT2D eigenvalue weighted by Crippen LogP contribution is -2.52. The Balaban J connectivity index is 1.26. The van der Waals surface area contributed by atoms with Crippen LogP contribution in [0.5, 0.6) is 0 Å². The number of carbonyl (C=O) groups excluding carboxylic acids is 1. The van der Waals surface area contributed by atoms with Crippen LogP contribution in [0.3, 0.4) is 0 Å². The van der Waals surface area contributed by atoms with Gasteiger partial charge < -0.3 is 10.2 Å². The molecule has 1 aliphatic rings. The number of fused-ring (bicyclic) bond motifs is 2. The first-order valence-electron chi connectivity index (χ1n) is 9.30. The van der Waals surface area contributed by atoms with Crippen LogP contribution in [0.2, 0.25) is 0 Å². The molecule has 0 atom stereocenters. The van der Waals surface area contributed by atoms with Crippen molar-refractivity contribution in [2.24, 2.45) is 5.92 Å². The van der Waals surface area contributed by atoms with Gasteiger partial charge in [-0.25, -0.2) is 18.4 Å². The summed E-state index contributed by atoms with van der Waals surface area (Å²) in [5, 5.41) is 4.29. The maximum Gasteiger partial charge on any atom is 0.232 e. The highest BCUT2D eigenvalue weighted by atomic mass is 32.2. The normalized spacial score (nSPS) is 14.9. The molecule has 10 heteroatoms. The molecule has 5 rings (SSSR count). The van der Waals surface area contributed by atoms with E-state index >= 15 is 0 Å². The van der Waals surface area contributed by atoms with Crippen molar-refractivity contribution in [3.63, 3.8) is 0 Å². The molecule has 1 saturated heterocycles. The lowest BCUT2D eigenvalue weighted by molar-refractivity contribution is -0.120. The third-order valence-electron chi connectivity index (χ3n) is 5.07. The van der Waals surface area contributed by atoms with E-state index in [1.54, 1.807) is 23.5 Å². The SMILES string of the molecule is Cc1ccc2nc(N3CC(C(=O)Nc4nc5ccc(S(C)(=O)=O)cc5s4)C3)sc2c1. The molecule has 30 heavy (non-hydrogen) atoms. The maximum atomic E-state index is 12.6. The predicted molar refractivity (Wildman–Crippen MR) is 121 cm³/mol. The van der Waals surface area contributed by atoms with E-state index in [0.717, 1.165) is 20.0 Å². The number of amides is 1. The molecule has 0 bridgehead atoms. The second-order valence-electron chi connectivity index (χ2n) is 7.48. The van der Waals surface area contributed by atoms with E-state index in [-0.39, 0.29) is 16.7 Å². The van der Waals surface area contributed by atoms with Gasteiger partial charge in [-0.05, 0) is 42.8 Å². The summed E-state index contributed by atoms with van der Waals surface area (Å²) < 4.78 is 25.3. The molecule has 0 spiro atoms. The number of hydrogen-bond donors (Lipinski definition) is 1. The second kappa shape index (κ2) is 7.00. The van der Waals surface area contributed by atoms with Crippen LogP contribution in [-0.2, 0) is 14.6 Å². The summed E-state index contributed by atoms with van der Waals surface area (Å²) in [7, 11) is -3.28. The third kappa shape index (κ3) is 3.55. The van der Waals surface area contributed by atoms with Crippen LogP contribution in [0, 0.1) is 12.8 Å². The van der Waals surface area contributed by atoms with E-state index < -0.39 is 9.84 Å². The van der Waals surface area contributed by atoms with Crippen molar-refractivity contribution in [2.75, 3.05) is 29.6 Å². The fraction of sp³-hybridized carbons (Fsp3) is 0.250. The summed E-state index contributed by atoms with van der Waals surface area (Å²) in [6.07, 6.45) is 1.17. The fourth-order valence-electron chi connectivity index (χ4n) is 3.35. The van der Waals surface area contributed by atoms with Crippen LogP contribution in [0.25, 0.3) is 20.4 Å². The number of rotatable bonds is 4. The highest BCUT2D eigenvalue weighted by Gasteiger charge is 2.34. The first kappa shape index (κ1) is 19.4. The molecule has 0 unspecified atom stereocenters. The number of aryl methyl sites for hydroxylation is 1. The zero-order chi connectivity index (χ0) is 21.0. The van der Waals surface area contributed by atoms with Gasteiger partial charge in [-0.3, -0.25) is 4.79 Å². The van der Waals surface area contributed by atoms with Gasteiger partial charge in [0.2, 0.25) is 5.91 Å². The van der Waals surface area contributed by atoms with Crippen LogP contribution in [-0.4, -0.2) is 43.6 Å². The zero-order valence-electron chi connectivity index (χ0n) is 16.2. The topological polar surface area (TPSA) is 92.3 Å². The smallest absolute Gasteiger partial charge is 0.232 e. The largest absolute Gasteiger partial charge is 0.346 e. The Bertz CT molecular complexity index is 1400. The van der Waals surface area contributed by atoms with Crippen molar-refractivity contribution in [1.29, 1.82) is 0 Å². The molecule has 0 radical (unpaired) electrons. The Morgan fingerprint density at radius 1 is 1.07 bits per heavy atom. The van der Waals surface area contributed by atoms with Gasteiger partial charge in [0, 0.05) is 19.3 Å². The number of sulfone groups is 1. The summed E-state index contributed by atoms with van der Waals surface area (Å²) >= 11 is 2.92. The van der Waals surface area contributed by atoms with E-state index in [1.807, 2.05) is 6.07 Å². The lowest BCUT2D eigenvalue weighted by atomic mass is 10.0. The predicted octanol–water partition coefficient (Wildman–Crippen LogP) is 3.69. The average molecular weight is 459 g/mol. The molecule has 7 nitrogen and oxygen atoms in total. The minimum absolute atomic E-state index is 0.0781. The minimum atomic E-state index is -3.28. The summed E-state index contributed by atoms with van der Waals surface area (Å²) in [4.78, 5) is 24.0. The van der Waals surface area contributed by atoms with E-state index in [4.69, 9.17) is 0 Å². The van der Waals surface area contributed by atoms with Crippen molar-refractivity contribution in [3.8, 4) is 0 Å². The number of hydrogen-bond acceptors (Lipinski definition) is 8. The van der Waals surface area contributed by atoms with Gasteiger partial charge in [-0.1, -0.05) is 28.7 Å². The molecule has 0 aliphatic carbocycles. The van der Waals surface area contributed by atoms with Crippen LogP contribution in [0.4, 0.5) is 10.3 Å².